The fraction of sp³-hybridized carbons (Fsp3) is 0.130. The third kappa shape index (κ3) is 5.15. The average molecular weight is 580 g/mol. The predicted octanol–water partition coefficient (Wildman–Crippen LogP) is 7.29. The van der Waals surface area contributed by atoms with Crippen LogP contribution in [0.25, 0.3) is 0 Å². The molecule has 5 nitrogen and oxygen atoms in total. The number of hydrogen-bond donors (Lipinski definition) is 3. The van der Waals surface area contributed by atoms with Crippen LogP contribution in [0, 0.1) is 17.6 Å². The molecule has 0 saturated heterocycles. The van der Waals surface area contributed by atoms with E-state index in [0.29, 0.717) is 15.6 Å². The molecule has 1 aliphatic carbocycles. The molecule has 1 saturated carbocycles. The summed E-state index contributed by atoms with van der Waals surface area (Å²) in [5, 5.41) is 5.38. The van der Waals surface area contributed by atoms with Gasteiger partial charge in [-0.2, -0.15) is 0 Å². The normalized spacial score (nSPS) is 18.1. The van der Waals surface area contributed by atoms with Crippen molar-refractivity contribution < 1.29 is 18.4 Å². The van der Waals surface area contributed by atoms with E-state index in [2.05, 4.69) is 10.6 Å². The molecule has 2 amide bonds. The molecule has 182 valence electrons. The van der Waals surface area contributed by atoms with Gasteiger partial charge in [-0.05, 0) is 48.0 Å². The van der Waals surface area contributed by atoms with Crippen LogP contribution in [-0.4, -0.2) is 16.1 Å². The first-order valence-corrected chi connectivity index (χ1v) is 11.8. The monoisotopic (exact) mass is 577 g/mol. The molecule has 3 aromatic carbocycles. The number of hydrogen-bond acceptors (Lipinski definition) is 3. The van der Waals surface area contributed by atoms with Crippen LogP contribution < -0.4 is 16.4 Å². The minimum absolute atomic E-state index is 0.0131. The number of carbonyl (C=O) groups is 2. The Morgan fingerprint density at radius 3 is 2.11 bits per heavy atom. The Morgan fingerprint density at radius 1 is 0.857 bits per heavy atom. The minimum Gasteiger partial charge on any atom is -0.399 e. The fourth-order valence-corrected chi connectivity index (χ4v) is 5.00. The van der Waals surface area contributed by atoms with Gasteiger partial charge in [-0.15, -0.1) is 23.2 Å². The molecule has 0 radical (unpaired) electrons. The molecule has 4 N–H and O–H groups in total. The highest BCUT2D eigenvalue weighted by Gasteiger charge is 2.67. The summed E-state index contributed by atoms with van der Waals surface area (Å²) < 4.78 is 26.7. The van der Waals surface area contributed by atoms with Crippen LogP contribution in [0.15, 0.2) is 48.5 Å². The first-order chi connectivity index (χ1) is 16.4. The summed E-state index contributed by atoms with van der Waals surface area (Å²) in [6.45, 7) is 0. The molecule has 0 heterocycles. The van der Waals surface area contributed by atoms with Crippen molar-refractivity contribution in [1.29, 1.82) is 0 Å². The van der Waals surface area contributed by atoms with Gasteiger partial charge < -0.3 is 16.4 Å². The summed E-state index contributed by atoms with van der Waals surface area (Å²) in [4.78, 5) is 25.6. The number of alkyl halides is 2. The highest BCUT2D eigenvalue weighted by molar-refractivity contribution is 6.53. The van der Waals surface area contributed by atoms with E-state index in [9.17, 15) is 18.4 Å². The van der Waals surface area contributed by atoms with Gasteiger partial charge >= 0.3 is 0 Å². The van der Waals surface area contributed by atoms with Gasteiger partial charge in [0, 0.05) is 17.3 Å². The largest absolute Gasteiger partial charge is 0.399 e. The van der Waals surface area contributed by atoms with Gasteiger partial charge in [-0.1, -0.05) is 40.9 Å². The zero-order chi connectivity index (χ0) is 25.7. The second-order valence-electron chi connectivity index (χ2n) is 7.80. The average Bonchev–Trinajstić information content (AvgIpc) is 3.35. The van der Waals surface area contributed by atoms with Gasteiger partial charge in [0.1, 0.15) is 10.0 Å². The zero-order valence-corrected chi connectivity index (χ0v) is 21.1. The van der Waals surface area contributed by atoms with E-state index < -0.39 is 45.3 Å². The van der Waals surface area contributed by atoms with Crippen LogP contribution in [0.4, 0.5) is 25.8 Å². The van der Waals surface area contributed by atoms with Crippen LogP contribution in [0.5, 0.6) is 0 Å². The summed E-state index contributed by atoms with van der Waals surface area (Å²) in [5.74, 6) is -4.91. The van der Waals surface area contributed by atoms with E-state index in [4.69, 9.17) is 63.7 Å². The van der Waals surface area contributed by atoms with Crippen LogP contribution in [0.3, 0.4) is 0 Å². The SMILES string of the molecule is Nc1cc(F)c(NC(=O)c2cc(NC(=O)C3[C@H](c4ccc(Cl)c(Cl)c4)C3(Cl)Cl)ccc2Cl)c(F)c1. The molecule has 0 aromatic heterocycles. The summed E-state index contributed by atoms with van der Waals surface area (Å²) in [6, 6.07) is 10.6. The number of amides is 2. The van der Waals surface area contributed by atoms with Gasteiger partial charge in [0.15, 0.2) is 11.6 Å². The first-order valence-electron chi connectivity index (χ1n) is 9.89. The number of nitrogens with one attached hydrogen (secondary N) is 2. The smallest absolute Gasteiger partial charge is 0.257 e. The second kappa shape index (κ2) is 9.64. The van der Waals surface area contributed by atoms with Crippen LogP contribution in [0.2, 0.25) is 15.1 Å². The van der Waals surface area contributed by atoms with Crippen molar-refractivity contribution in [2.75, 3.05) is 16.4 Å². The van der Waals surface area contributed by atoms with Crippen molar-refractivity contribution in [2.24, 2.45) is 5.92 Å². The van der Waals surface area contributed by atoms with Crippen LogP contribution in [0.1, 0.15) is 21.8 Å². The summed E-state index contributed by atoms with van der Waals surface area (Å²) in [7, 11) is 0. The van der Waals surface area contributed by atoms with Crippen LogP contribution >= 0.6 is 58.0 Å². The Bertz CT molecular complexity index is 1350. The minimum atomic E-state index is -1.39. The Hall–Kier alpha value is -2.29. The van der Waals surface area contributed by atoms with Gasteiger partial charge in [0.25, 0.3) is 5.91 Å². The number of benzene rings is 3. The first kappa shape index (κ1) is 25.8. The lowest BCUT2D eigenvalue weighted by molar-refractivity contribution is -0.117. The highest BCUT2D eigenvalue weighted by atomic mass is 35.5. The quantitative estimate of drug-likeness (QED) is 0.219. The zero-order valence-electron chi connectivity index (χ0n) is 17.3. The maximum atomic E-state index is 14.1. The maximum absolute atomic E-state index is 14.1. The predicted molar refractivity (Wildman–Crippen MR) is 136 cm³/mol. The van der Waals surface area contributed by atoms with E-state index in [1.54, 1.807) is 18.2 Å². The Morgan fingerprint density at radius 2 is 1.49 bits per heavy atom. The number of nitrogen functional groups attached to an aromatic ring is 1. The molecule has 0 spiro atoms. The van der Waals surface area contributed by atoms with Crippen molar-refractivity contribution in [1.82, 2.24) is 0 Å². The summed E-state index contributed by atoms with van der Waals surface area (Å²) >= 11 is 30.8. The van der Waals surface area contributed by atoms with E-state index in [1.807, 2.05) is 0 Å². The van der Waals surface area contributed by atoms with Crippen molar-refractivity contribution in [3.63, 3.8) is 0 Å². The van der Waals surface area contributed by atoms with Crippen molar-refractivity contribution >= 4 is 86.9 Å². The number of rotatable bonds is 5. The third-order valence-electron chi connectivity index (χ3n) is 5.42. The number of anilines is 3. The van der Waals surface area contributed by atoms with Gasteiger partial charge in [0.2, 0.25) is 5.91 Å². The topological polar surface area (TPSA) is 84.2 Å². The lowest BCUT2D eigenvalue weighted by Crippen LogP contribution is -2.19. The van der Waals surface area contributed by atoms with Crippen molar-refractivity contribution in [2.45, 2.75) is 10.3 Å². The third-order valence-corrected chi connectivity index (χ3v) is 7.43. The lowest BCUT2D eigenvalue weighted by atomic mass is 10.1. The number of carbonyl (C=O) groups excluding carboxylic acids is 2. The van der Waals surface area contributed by atoms with Gasteiger partial charge in [-0.25, -0.2) is 8.78 Å². The highest BCUT2D eigenvalue weighted by Crippen LogP contribution is 2.65. The lowest BCUT2D eigenvalue weighted by Gasteiger charge is -2.12. The second-order valence-corrected chi connectivity index (χ2v) is 10.5. The summed E-state index contributed by atoms with van der Waals surface area (Å²) in [6.07, 6.45) is 0. The molecule has 0 bridgehead atoms. The molecule has 0 aliphatic heterocycles. The molecule has 1 fully saturated rings. The Balaban J connectivity index is 1.52. The van der Waals surface area contributed by atoms with Crippen LogP contribution in [-0.2, 0) is 4.79 Å². The molecule has 2 atom stereocenters. The standard InChI is InChI=1S/C23H14Cl5F2N3O2/c24-13-4-2-11(8-12(13)21(34)33-20-16(29)6-10(31)7-17(20)30)32-22(35)19-18(23(19,27)28)9-1-3-14(25)15(26)5-9/h1-8,18-19H,31H2,(H,32,35)(H,33,34)/t18-,19?/m0/s1. The van der Waals surface area contributed by atoms with Gasteiger partial charge in [-0.3, -0.25) is 9.59 Å². The molecule has 35 heavy (non-hydrogen) atoms. The van der Waals surface area contributed by atoms with Crippen molar-refractivity contribution in [3.05, 3.63) is 86.4 Å². The molecule has 4 rings (SSSR count). The molecule has 3 aromatic rings. The Labute approximate surface area is 223 Å². The molecular weight excluding hydrogens is 566 g/mol. The van der Waals surface area contributed by atoms with E-state index in [0.717, 1.165) is 12.1 Å². The fourth-order valence-electron chi connectivity index (χ4n) is 3.66. The number of halogens is 7. The van der Waals surface area contributed by atoms with E-state index in [1.165, 1.54) is 18.2 Å². The molecule has 1 aliphatic rings. The van der Waals surface area contributed by atoms with Gasteiger partial charge in [0.05, 0.1) is 26.5 Å². The molecule has 1 unspecified atom stereocenters. The van der Waals surface area contributed by atoms with Crippen molar-refractivity contribution in [3.8, 4) is 0 Å². The Kier molecular flexibility index (Phi) is 7.10. The maximum Gasteiger partial charge on any atom is 0.257 e. The van der Waals surface area contributed by atoms with E-state index >= 15 is 0 Å². The summed E-state index contributed by atoms with van der Waals surface area (Å²) in [5.41, 5.74) is 5.23. The molecule has 12 heteroatoms. The molecular formula is C23H14Cl5F2N3O2. The number of nitrogens with two attached hydrogens (primary N) is 1. The van der Waals surface area contributed by atoms with E-state index in [-0.39, 0.29) is 22.0 Å².